The van der Waals surface area contributed by atoms with Crippen molar-refractivity contribution in [2.45, 2.75) is 33.8 Å². The van der Waals surface area contributed by atoms with Crippen LogP contribution in [0.3, 0.4) is 0 Å². The van der Waals surface area contributed by atoms with E-state index in [1.54, 1.807) is 0 Å². The van der Waals surface area contributed by atoms with E-state index in [-0.39, 0.29) is 5.92 Å². The van der Waals surface area contributed by atoms with Gasteiger partial charge in [-0.25, -0.2) is 0 Å². The van der Waals surface area contributed by atoms with Crippen molar-refractivity contribution in [1.29, 1.82) is 0 Å². The molecular formula is C12H18O. The van der Waals surface area contributed by atoms with Crippen molar-refractivity contribution in [3.63, 3.8) is 0 Å². The summed E-state index contributed by atoms with van der Waals surface area (Å²) in [4.78, 5) is 0. The van der Waals surface area contributed by atoms with Crippen molar-refractivity contribution in [1.82, 2.24) is 0 Å². The first-order valence-corrected chi connectivity index (χ1v) is 4.47. The summed E-state index contributed by atoms with van der Waals surface area (Å²) in [5, 5.41) is 9.37. The molecule has 13 heavy (non-hydrogen) atoms. The lowest BCUT2D eigenvalue weighted by Crippen LogP contribution is -2.11. The van der Waals surface area contributed by atoms with E-state index >= 15 is 0 Å². The van der Waals surface area contributed by atoms with Crippen LogP contribution >= 0.6 is 0 Å². The molecule has 0 radical (unpaired) electrons. The van der Waals surface area contributed by atoms with Crippen molar-refractivity contribution in [2.24, 2.45) is 5.92 Å². The van der Waals surface area contributed by atoms with Crippen LogP contribution in [0.25, 0.3) is 0 Å². The monoisotopic (exact) mass is 178 g/mol. The molecule has 0 amide bonds. The van der Waals surface area contributed by atoms with Gasteiger partial charge in [0.1, 0.15) is 6.10 Å². The summed E-state index contributed by atoms with van der Waals surface area (Å²) < 4.78 is 0. The van der Waals surface area contributed by atoms with Crippen LogP contribution in [0, 0.1) is 17.8 Å². The Hall–Kier alpha value is -1.00. The van der Waals surface area contributed by atoms with E-state index in [1.165, 1.54) is 5.57 Å². The Labute approximate surface area is 81.2 Å². The fourth-order valence-electron chi connectivity index (χ4n) is 0.718. The molecule has 1 atom stereocenters. The summed E-state index contributed by atoms with van der Waals surface area (Å²) >= 11 is 0. The lowest BCUT2D eigenvalue weighted by Gasteiger charge is -2.05. The Morgan fingerprint density at radius 2 is 1.92 bits per heavy atom. The average Bonchev–Trinajstić information content (AvgIpc) is 1.98. The summed E-state index contributed by atoms with van der Waals surface area (Å²) in [6.45, 7) is 11.6. The van der Waals surface area contributed by atoms with Crippen molar-refractivity contribution in [3.8, 4) is 11.8 Å². The second-order valence-corrected chi connectivity index (χ2v) is 3.71. The highest BCUT2D eigenvalue weighted by Gasteiger charge is 2.03. The lowest BCUT2D eigenvalue weighted by atomic mass is 10.1. The molecule has 0 fully saturated rings. The third kappa shape index (κ3) is 6.19. The van der Waals surface area contributed by atoms with Crippen LogP contribution in [0.2, 0.25) is 0 Å². The maximum Gasteiger partial charge on any atom is 0.117 e. The van der Waals surface area contributed by atoms with Crippen LogP contribution in [0.1, 0.15) is 27.7 Å². The number of rotatable bonds is 2. The van der Waals surface area contributed by atoms with Crippen LogP contribution in [-0.4, -0.2) is 11.2 Å². The zero-order valence-corrected chi connectivity index (χ0v) is 8.89. The third-order valence-electron chi connectivity index (χ3n) is 1.47. The second kappa shape index (κ2) is 5.61. The maximum atomic E-state index is 9.37. The molecule has 0 aliphatic carbocycles. The quantitative estimate of drug-likeness (QED) is 0.509. The number of hydrogen-bond acceptors (Lipinski definition) is 1. The van der Waals surface area contributed by atoms with Gasteiger partial charge in [0.25, 0.3) is 0 Å². The predicted octanol–water partition coefficient (Wildman–Crippen LogP) is 2.53. The van der Waals surface area contributed by atoms with Crippen LogP contribution in [-0.2, 0) is 0 Å². The molecule has 1 N–H and O–H groups in total. The van der Waals surface area contributed by atoms with Gasteiger partial charge in [0.2, 0.25) is 0 Å². The highest BCUT2D eigenvalue weighted by Crippen LogP contribution is 2.01. The van der Waals surface area contributed by atoms with Gasteiger partial charge in [-0.05, 0) is 25.8 Å². The van der Waals surface area contributed by atoms with Gasteiger partial charge in [0.15, 0.2) is 0 Å². The summed E-state index contributed by atoms with van der Waals surface area (Å²) in [6, 6.07) is 0. The van der Waals surface area contributed by atoms with Crippen LogP contribution in [0.4, 0.5) is 0 Å². The molecule has 0 spiro atoms. The van der Waals surface area contributed by atoms with Crippen molar-refractivity contribution in [3.05, 3.63) is 23.8 Å². The highest BCUT2D eigenvalue weighted by molar-refractivity contribution is 5.37. The molecule has 0 saturated heterocycles. The van der Waals surface area contributed by atoms with Crippen molar-refractivity contribution in [2.75, 3.05) is 0 Å². The molecule has 0 aliphatic heterocycles. The normalized spacial score (nSPS) is 11.5. The van der Waals surface area contributed by atoms with Gasteiger partial charge < -0.3 is 5.11 Å². The molecule has 0 aromatic carbocycles. The molecule has 0 aromatic rings. The Morgan fingerprint density at radius 3 is 2.31 bits per heavy atom. The van der Waals surface area contributed by atoms with Gasteiger partial charge in [0, 0.05) is 5.57 Å². The summed E-state index contributed by atoms with van der Waals surface area (Å²) in [7, 11) is 0. The van der Waals surface area contributed by atoms with Gasteiger partial charge in [0.05, 0.1) is 0 Å². The Morgan fingerprint density at radius 1 is 1.38 bits per heavy atom. The zero-order chi connectivity index (χ0) is 10.4. The zero-order valence-electron chi connectivity index (χ0n) is 8.89. The minimum Gasteiger partial charge on any atom is -0.380 e. The molecule has 1 nitrogen and oxygen atoms in total. The summed E-state index contributed by atoms with van der Waals surface area (Å²) in [6.07, 6.45) is 1.35. The van der Waals surface area contributed by atoms with Crippen LogP contribution in [0.5, 0.6) is 0 Å². The Kier molecular flexibility index (Phi) is 5.18. The van der Waals surface area contributed by atoms with E-state index < -0.39 is 6.10 Å². The molecule has 0 aromatic heterocycles. The van der Waals surface area contributed by atoms with E-state index in [0.29, 0.717) is 0 Å². The predicted molar refractivity (Wildman–Crippen MR) is 57.2 cm³/mol. The third-order valence-corrected chi connectivity index (χ3v) is 1.47. The Balaban J connectivity index is 4.26. The first-order valence-electron chi connectivity index (χ1n) is 4.47. The minimum atomic E-state index is -0.553. The lowest BCUT2D eigenvalue weighted by molar-refractivity contribution is 0.181. The molecule has 0 bridgehead atoms. The van der Waals surface area contributed by atoms with Crippen molar-refractivity contribution < 1.29 is 5.11 Å². The number of allylic oxidation sites excluding steroid dienone is 3. The first kappa shape index (κ1) is 12.0. The Bertz CT molecular complexity index is 257. The molecule has 0 heterocycles. The SMILES string of the molecule is C=C(C#CC(O)C(C)C)C=C(C)C. The van der Waals surface area contributed by atoms with Gasteiger partial charge in [-0.3, -0.25) is 0 Å². The smallest absolute Gasteiger partial charge is 0.117 e. The van der Waals surface area contributed by atoms with E-state index in [9.17, 15) is 5.11 Å². The largest absolute Gasteiger partial charge is 0.380 e. The van der Waals surface area contributed by atoms with Gasteiger partial charge in [-0.1, -0.05) is 37.8 Å². The molecule has 0 aliphatic rings. The molecule has 72 valence electrons. The second-order valence-electron chi connectivity index (χ2n) is 3.71. The van der Waals surface area contributed by atoms with Gasteiger partial charge in [-0.2, -0.15) is 0 Å². The molecule has 0 saturated carbocycles. The fourth-order valence-corrected chi connectivity index (χ4v) is 0.718. The van der Waals surface area contributed by atoms with Crippen LogP contribution < -0.4 is 0 Å². The number of aliphatic hydroxyl groups excluding tert-OH is 1. The molecule has 1 heteroatoms. The van der Waals surface area contributed by atoms with Crippen LogP contribution in [0.15, 0.2) is 23.8 Å². The standard InChI is InChI=1S/C12H18O/c1-9(2)8-11(5)6-7-12(13)10(3)4/h8,10,12-13H,5H2,1-4H3. The van der Waals surface area contributed by atoms with Gasteiger partial charge >= 0.3 is 0 Å². The number of hydrogen-bond donors (Lipinski definition) is 1. The maximum absolute atomic E-state index is 9.37. The summed E-state index contributed by atoms with van der Waals surface area (Å²) in [5.41, 5.74) is 1.91. The highest BCUT2D eigenvalue weighted by atomic mass is 16.3. The fraction of sp³-hybridized carbons (Fsp3) is 0.500. The first-order chi connectivity index (χ1) is 5.93. The van der Waals surface area contributed by atoms with E-state index in [4.69, 9.17) is 0 Å². The molecule has 1 unspecified atom stereocenters. The topological polar surface area (TPSA) is 20.2 Å². The van der Waals surface area contributed by atoms with E-state index in [1.807, 2.05) is 33.8 Å². The molecular weight excluding hydrogens is 160 g/mol. The van der Waals surface area contributed by atoms with Crippen molar-refractivity contribution >= 4 is 0 Å². The minimum absolute atomic E-state index is 0.173. The summed E-state index contributed by atoms with van der Waals surface area (Å²) in [5.74, 6) is 5.75. The number of aliphatic hydroxyl groups is 1. The van der Waals surface area contributed by atoms with E-state index in [2.05, 4.69) is 18.4 Å². The average molecular weight is 178 g/mol. The molecule has 0 rings (SSSR count). The van der Waals surface area contributed by atoms with Gasteiger partial charge in [-0.15, -0.1) is 0 Å². The van der Waals surface area contributed by atoms with E-state index in [0.717, 1.165) is 5.57 Å².